The maximum atomic E-state index is 13.3. The topological polar surface area (TPSA) is 98.2 Å². The third-order valence-electron chi connectivity index (χ3n) is 5.81. The fourth-order valence-electron chi connectivity index (χ4n) is 4.20. The second kappa shape index (κ2) is 8.70. The normalized spacial score (nSPS) is 15.0. The van der Waals surface area contributed by atoms with Gasteiger partial charge in [-0.1, -0.05) is 59.5 Å². The molecule has 1 saturated carbocycles. The van der Waals surface area contributed by atoms with Gasteiger partial charge in [-0.25, -0.2) is 9.97 Å². The summed E-state index contributed by atoms with van der Waals surface area (Å²) in [5, 5.41) is 7.72. The number of hydrogen-bond acceptors (Lipinski definition) is 5. The van der Waals surface area contributed by atoms with Crippen molar-refractivity contribution in [1.29, 1.82) is 0 Å². The highest BCUT2D eigenvalue weighted by atomic mass is 79.9. The molecule has 2 heterocycles. The Balaban J connectivity index is 1.62. The van der Waals surface area contributed by atoms with Crippen molar-refractivity contribution < 1.29 is 4.79 Å². The fourth-order valence-corrected chi connectivity index (χ4v) is 4.62. The minimum absolute atomic E-state index is 0.160. The van der Waals surface area contributed by atoms with Crippen LogP contribution in [-0.2, 0) is 0 Å². The van der Waals surface area contributed by atoms with E-state index in [1.54, 1.807) is 6.21 Å². The summed E-state index contributed by atoms with van der Waals surface area (Å²) in [6.07, 6.45) is 7.14. The van der Waals surface area contributed by atoms with E-state index in [0.29, 0.717) is 22.2 Å². The smallest absolute Gasteiger partial charge is 0.257 e. The van der Waals surface area contributed by atoms with Crippen LogP contribution in [-0.4, -0.2) is 32.8 Å². The molecule has 7 nitrogen and oxygen atoms in total. The Kier molecular flexibility index (Phi) is 5.61. The van der Waals surface area contributed by atoms with Crippen LogP contribution in [0.25, 0.3) is 22.2 Å². The number of fused-ring (bicyclic) bond motifs is 2. The largest absolute Gasteiger partial charge is 0.383 e. The van der Waals surface area contributed by atoms with Crippen LogP contribution in [0.3, 0.4) is 0 Å². The van der Waals surface area contributed by atoms with Crippen molar-refractivity contribution in [1.82, 2.24) is 20.0 Å². The van der Waals surface area contributed by atoms with Gasteiger partial charge in [0.1, 0.15) is 16.9 Å². The van der Waals surface area contributed by atoms with Crippen molar-refractivity contribution in [2.24, 2.45) is 5.10 Å². The average Bonchev–Trinajstić information content (AvgIpc) is 3.07. The number of carbonyl (C=O) groups is 1. The summed E-state index contributed by atoms with van der Waals surface area (Å²) in [6, 6.07) is 15.5. The van der Waals surface area contributed by atoms with Crippen LogP contribution < -0.4 is 11.1 Å². The van der Waals surface area contributed by atoms with Gasteiger partial charge in [-0.05, 0) is 42.7 Å². The number of rotatable bonds is 4. The monoisotopic (exact) mass is 490 g/mol. The standard InChI is InChI=1S/C24H23BrN6O/c25-16-8-6-7-15(13-16)14-27-31-22(26)20(24(32)28-17-9-2-1-3-10-17)21-23(31)30-19-12-5-4-11-18(19)29-21/h4-8,11-14,17H,1-3,9-10,26H2,(H,28,32). The Morgan fingerprint density at radius 3 is 2.59 bits per heavy atom. The maximum absolute atomic E-state index is 13.3. The minimum Gasteiger partial charge on any atom is -0.383 e. The molecule has 0 aliphatic heterocycles. The van der Waals surface area contributed by atoms with E-state index in [0.717, 1.165) is 41.2 Å². The number of hydrogen-bond donors (Lipinski definition) is 2. The first-order valence-electron chi connectivity index (χ1n) is 10.8. The zero-order chi connectivity index (χ0) is 22.1. The van der Waals surface area contributed by atoms with Gasteiger partial charge in [0.25, 0.3) is 5.91 Å². The van der Waals surface area contributed by atoms with Crippen molar-refractivity contribution in [3.8, 4) is 0 Å². The molecule has 1 aliphatic rings. The third-order valence-corrected chi connectivity index (χ3v) is 6.31. The predicted molar refractivity (Wildman–Crippen MR) is 131 cm³/mol. The van der Waals surface area contributed by atoms with Gasteiger partial charge in [-0.2, -0.15) is 9.78 Å². The summed E-state index contributed by atoms with van der Waals surface area (Å²) in [6.45, 7) is 0. The molecule has 4 aromatic rings. The van der Waals surface area contributed by atoms with Crippen molar-refractivity contribution in [3.05, 3.63) is 64.1 Å². The first-order chi connectivity index (χ1) is 15.6. The summed E-state index contributed by atoms with van der Waals surface area (Å²) >= 11 is 3.47. The number of nitrogens with one attached hydrogen (secondary N) is 1. The van der Waals surface area contributed by atoms with E-state index >= 15 is 0 Å². The molecule has 0 bridgehead atoms. The molecule has 1 fully saturated rings. The molecule has 8 heteroatoms. The Morgan fingerprint density at radius 2 is 1.84 bits per heavy atom. The molecule has 32 heavy (non-hydrogen) atoms. The van der Waals surface area contributed by atoms with Gasteiger partial charge in [-0.3, -0.25) is 4.79 Å². The van der Waals surface area contributed by atoms with Gasteiger partial charge in [0.05, 0.1) is 17.2 Å². The number of anilines is 1. The van der Waals surface area contributed by atoms with Gasteiger partial charge in [0.15, 0.2) is 5.65 Å². The molecule has 1 aliphatic carbocycles. The molecule has 3 N–H and O–H groups in total. The molecule has 1 amide bonds. The predicted octanol–water partition coefficient (Wildman–Crippen LogP) is 4.87. The molecule has 0 saturated heterocycles. The van der Waals surface area contributed by atoms with E-state index in [9.17, 15) is 4.79 Å². The zero-order valence-electron chi connectivity index (χ0n) is 17.5. The number of para-hydroxylation sites is 2. The molecular formula is C24H23BrN6O. The molecule has 0 atom stereocenters. The third kappa shape index (κ3) is 3.98. The number of aromatic nitrogens is 3. The van der Waals surface area contributed by atoms with Crippen LogP contribution in [0.1, 0.15) is 48.0 Å². The summed E-state index contributed by atoms with van der Waals surface area (Å²) in [5.74, 6) is 0.00949. The zero-order valence-corrected chi connectivity index (χ0v) is 19.0. The first-order valence-corrected chi connectivity index (χ1v) is 11.6. The number of halogens is 1. The molecule has 0 unspecified atom stereocenters. The summed E-state index contributed by atoms with van der Waals surface area (Å²) in [7, 11) is 0. The number of benzene rings is 2. The Bertz CT molecular complexity index is 1340. The summed E-state index contributed by atoms with van der Waals surface area (Å²) in [4.78, 5) is 22.8. The van der Waals surface area contributed by atoms with E-state index in [4.69, 9.17) is 15.7 Å². The van der Waals surface area contributed by atoms with Gasteiger partial charge in [0.2, 0.25) is 0 Å². The lowest BCUT2D eigenvalue weighted by Crippen LogP contribution is -2.36. The number of nitrogen functional groups attached to an aromatic ring is 1. The lowest BCUT2D eigenvalue weighted by Gasteiger charge is -2.22. The molecule has 5 rings (SSSR count). The second-order valence-corrected chi connectivity index (χ2v) is 8.98. The SMILES string of the molecule is Nc1c(C(=O)NC2CCCCC2)c2nc3ccccc3nc2n1N=Cc1cccc(Br)c1. The number of nitrogens with zero attached hydrogens (tertiary/aromatic N) is 4. The van der Waals surface area contributed by atoms with E-state index in [2.05, 4.69) is 26.3 Å². The Labute approximate surface area is 193 Å². The van der Waals surface area contributed by atoms with Gasteiger partial charge in [0, 0.05) is 10.5 Å². The van der Waals surface area contributed by atoms with Crippen LogP contribution in [0, 0.1) is 0 Å². The average molecular weight is 491 g/mol. The highest BCUT2D eigenvalue weighted by Crippen LogP contribution is 2.28. The van der Waals surface area contributed by atoms with Gasteiger partial charge < -0.3 is 11.1 Å². The van der Waals surface area contributed by atoms with Gasteiger partial charge >= 0.3 is 0 Å². The van der Waals surface area contributed by atoms with Crippen molar-refractivity contribution in [2.45, 2.75) is 38.1 Å². The van der Waals surface area contributed by atoms with E-state index in [-0.39, 0.29) is 17.8 Å². The molecule has 0 spiro atoms. The van der Waals surface area contributed by atoms with E-state index in [1.807, 2.05) is 48.5 Å². The fraction of sp³-hybridized carbons (Fsp3) is 0.250. The highest BCUT2D eigenvalue weighted by molar-refractivity contribution is 9.10. The summed E-state index contributed by atoms with van der Waals surface area (Å²) < 4.78 is 2.45. The van der Waals surface area contributed by atoms with Crippen LogP contribution in [0.5, 0.6) is 0 Å². The highest BCUT2D eigenvalue weighted by Gasteiger charge is 2.26. The van der Waals surface area contributed by atoms with Crippen LogP contribution in [0.4, 0.5) is 5.82 Å². The molecule has 2 aromatic carbocycles. The number of carbonyl (C=O) groups excluding carboxylic acids is 1. The summed E-state index contributed by atoms with van der Waals surface area (Å²) in [5.41, 5.74) is 10.0. The first kappa shape index (κ1) is 20.6. The molecule has 162 valence electrons. The lowest BCUT2D eigenvalue weighted by molar-refractivity contribution is 0.0930. The number of amides is 1. The lowest BCUT2D eigenvalue weighted by atomic mass is 9.95. The van der Waals surface area contributed by atoms with E-state index in [1.165, 1.54) is 11.1 Å². The molecule has 2 aromatic heterocycles. The van der Waals surface area contributed by atoms with E-state index < -0.39 is 0 Å². The van der Waals surface area contributed by atoms with Crippen molar-refractivity contribution in [3.63, 3.8) is 0 Å². The van der Waals surface area contributed by atoms with Crippen molar-refractivity contribution >= 4 is 56.1 Å². The van der Waals surface area contributed by atoms with Crippen LogP contribution in [0.2, 0.25) is 0 Å². The maximum Gasteiger partial charge on any atom is 0.257 e. The molecular weight excluding hydrogens is 468 g/mol. The Morgan fingerprint density at radius 1 is 1.09 bits per heavy atom. The van der Waals surface area contributed by atoms with Crippen LogP contribution in [0.15, 0.2) is 58.1 Å². The van der Waals surface area contributed by atoms with Crippen molar-refractivity contribution in [2.75, 3.05) is 5.73 Å². The Hall–Kier alpha value is -3.26. The number of nitrogens with two attached hydrogens (primary N) is 1. The second-order valence-electron chi connectivity index (χ2n) is 8.06. The molecule has 0 radical (unpaired) electrons. The van der Waals surface area contributed by atoms with Crippen LogP contribution >= 0.6 is 15.9 Å². The van der Waals surface area contributed by atoms with Gasteiger partial charge in [-0.15, -0.1) is 0 Å². The minimum atomic E-state index is -0.222. The quantitative estimate of drug-likeness (QED) is 0.398.